The van der Waals surface area contributed by atoms with E-state index in [1.165, 1.54) is 0 Å². The highest BCUT2D eigenvalue weighted by Crippen LogP contribution is 2.33. The standard InChI is InChI=1S/C16H11ClN2O2/c17-14-2-1-3-15(13(14)7-18)19-8-11-5-4-10(16(20)21)6-12(11)9-19/h1-6H,8-9H2,(H,20,21). The number of fused-ring (bicyclic) bond motifs is 1. The summed E-state index contributed by atoms with van der Waals surface area (Å²) in [7, 11) is 0. The SMILES string of the molecule is N#Cc1c(Cl)cccc1N1Cc2ccc(C(=O)O)cc2C1. The molecule has 5 heteroatoms. The molecule has 0 aliphatic carbocycles. The predicted molar refractivity (Wildman–Crippen MR) is 79.5 cm³/mol. The van der Waals surface area contributed by atoms with Gasteiger partial charge in [0.25, 0.3) is 0 Å². The largest absolute Gasteiger partial charge is 0.478 e. The van der Waals surface area contributed by atoms with Crippen LogP contribution in [0.2, 0.25) is 5.02 Å². The van der Waals surface area contributed by atoms with Crippen molar-refractivity contribution in [2.45, 2.75) is 13.1 Å². The predicted octanol–water partition coefficient (Wildman–Crippen LogP) is 3.43. The monoisotopic (exact) mass is 298 g/mol. The normalized spacial score (nSPS) is 12.9. The van der Waals surface area contributed by atoms with Crippen molar-refractivity contribution in [1.82, 2.24) is 0 Å². The molecule has 1 N–H and O–H groups in total. The Kier molecular flexibility index (Phi) is 3.28. The van der Waals surface area contributed by atoms with E-state index in [0.29, 0.717) is 23.7 Å². The second-order valence-corrected chi connectivity index (χ2v) is 5.30. The Morgan fingerprint density at radius 2 is 2.00 bits per heavy atom. The summed E-state index contributed by atoms with van der Waals surface area (Å²) in [5.74, 6) is -0.934. The van der Waals surface area contributed by atoms with Gasteiger partial charge >= 0.3 is 5.97 Å². The molecule has 0 fully saturated rings. The molecule has 21 heavy (non-hydrogen) atoms. The summed E-state index contributed by atoms with van der Waals surface area (Å²) in [6.07, 6.45) is 0. The fourth-order valence-corrected chi connectivity index (χ4v) is 2.80. The smallest absolute Gasteiger partial charge is 0.335 e. The molecule has 0 bridgehead atoms. The fourth-order valence-electron chi connectivity index (χ4n) is 2.58. The summed E-state index contributed by atoms with van der Waals surface area (Å²) in [6.45, 7) is 1.22. The third-order valence-electron chi connectivity index (χ3n) is 3.62. The number of benzene rings is 2. The first kappa shape index (κ1) is 13.5. The van der Waals surface area contributed by atoms with E-state index in [2.05, 4.69) is 6.07 Å². The van der Waals surface area contributed by atoms with Crippen LogP contribution in [0.5, 0.6) is 0 Å². The Bertz CT molecular complexity index is 780. The van der Waals surface area contributed by atoms with Crippen LogP contribution >= 0.6 is 11.6 Å². The molecule has 0 unspecified atom stereocenters. The van der Waals surface area contributed by atoms with Crippen molar-refractivity contribution in [3.63, 3.8) is 0 Å². The summed E-state index contributed by atoms with van der Waals surface area (Å²) in [5, 5.41) is 18.7. The highest BCUT2D eigenvalue weighted by atomic mass is 35.5. The number of aromatic carboxylic acids is 1. The number of anilines is 1. The van der Waals surface area contributed by atoms with Gasteiger partial charge in [0.1, 0.15) is 6.07 Å². The zero-order chi connectivity index (χ0) is 15.0. The Morgan fingerprint density at radius 3 is 2.71 bits per heavy atom. The van der Waals surface area contributed by atoms with Crippen LogP contribution in [0, 0.1) is 11.3 Å². The van der Waals surface area contributed by atoms with Crippen molar-refractivity contribution in [3.05, 3.63) is 63.7 Å². The first-order valence-corrected chi connectivity index (χ1v) is 6.76. The summed E-state index contributed by atoms with van der Waals surface area (Å²) < 4.78 is 0. The van der Waals surface area contributed by atoms with Crippen LogP contribution in [0.15, 0.2) is 36.4 Å². The number of carbonyl (C=O) groups is 1. The van der Waals surface area contributed by atoms with Crippen LogP contribution in [0.4, 0.5) is 5.69 Å². The highest BCUT2D eigenvalue weighted by Gasteiger charge is 2.23. The van der Waals surface area contributed by atoms with Gasteiger partial charge in [-0.2, -0.15) is 5.26 Å². The van der Waals surface area contributed by atoms with Crippen LogP contribution < -0.4 is 4.90 Å². The molecule has 3 rings (SSSR count). The van der Waals surface area contributed by atoms with E-state index in [0.717, 1.165) is 16.8 Å². The number of hydrogen-bond acceptors (Lipinski definition) is 3. The lowest BCUT2D eigenvalue weighted by Gasteiger charge is -2.19. The molecule has 0 saturated heterocycles. The van der Waals surface area contributed by atoms with Gasteiger partial charge in [-0.25, -0.2) is 4.79 Å². The maximum absolute atomic E-state index is 11.0. The molecule has 0 aromatic heterocycles. The number of nitriles is 1. The number of rotatable bonds is 2. The Morgan fingerprint density at radius 1 is 1.24 bits per heavy atom. The minimum Gasteiger partial charge on any atom is -0.478 e. The van der Waals surface area contributed by atoms with Crippen LogP contribution in [0.3, 0.4) is 0 Å². The molecular weight excluding hydrogens is 288 g/mol. The van der Waals surface area contributed by atoms with E-state index in [-0.39, 0.29) is 5.56 Å². The van der Waals surface area contributed by atoms with Crippen LogP contribution in [0.1, 0.15) is 27.0 Å². The maximum Gasteiger partial charge on any atom is 0.335 e. The molecule has 1 heterocycles. The summed E-state index contributed by atoms with van der Waals surface area (Å²) >= 11 is 6.06. The average molecular weight is 299 g/mol. The number of carboxylic acids is 1. The van der Waals surface area contributed by atoms with E-state index in [4.69, 9.17) is 16.7 Å². The molecule has 104 valence electrons. The number of nitrogens with zero attached hydrogens (tertiary/aromatic N) is 2. The van der Waals surface area contributed by atoms with Crippen LogP contribution in [0.25, 0.3) is 0 Å². The molecule has 0 radical (unpaired) electrons. The van der Waals surface area contributed by atoms with Gasteiger partial charge in [0, 0.05) is 13.1 Å². The quantitative estimate of drug-likeness (QED) is 0.922. The minimum atomic E-state index is -0.934. The van der Waals surface area contributed by atoms with Crippen LogP contribution in [-0.4, -0.2) is 11.1 Å². The number of carboxylic acid groups (broad SMARTS) is 1. The van der Waals surface area contributed by atoms with Crippen LogP contribution in [-0.2, 0) is 13.1 Å². The number of hydrogen-bond donors (Lipinski definition) is 1. The lowest BCUT2D eigenvalue weighted by Crippen LogP contribution is -2.15. The van der Waals surface area contributed by atoms with Crippen molar-refractivity contribution in [2.75, 3.05) is 4.90 Å². The second-order valence-electron chi connectivity index (χ2n) is 4.89. The minimum absolute atomic E-state index is 0.280. The lowest BCUT2D eigenvalue weighted by molar-refractivity contribution is 0.0697. The maximum atomic E-state index is 11.0. The molecule has 4 nitrogen and oxygen atoms in total. The fraction of sp³-hybridized carbons (Fsp3) is 0.125. The molecular formula is C16H11ClN2O2. The Hall–Kier alpha value is -2.51. The van der Waals surface area contributed by atoms with Gasteiger partial charge in [-0.3, -0.25) is 0 Å². The second kappa shape index (κ2) is 5.12. The van der Waals surface area contributed by atoms with Gasteiger partial charge in [0.2, 0.25) is 0 Å². The molecule has 0 amide bonds. The van der Waals surface area contributed by atoms with E-state index in [1.54, 1.807) is 18.2 Å². The molecule has 0 atom stereocenters. The Balaban J connectivity index is 1.97. The van der Waals surface area contributed by atoms with Crippen molar-refractivity contribution >= 4 is 23.3 Å². The van der Waals surface area contributed by atoms with Crippen molar-refractivity contribution < 1.29 is 9.90 Å². The molecule has 1 aliphatic rings. The summed E-state index contributed by atoms with van der Waals surface area (Å²) in [4.78, 5) is 13.1. The summed E-state index contributed by atoms with van der Waals surface area (Å²) in [5.41, 5.74) is 3.55. The van der Waals surface area contributed by atoms with Gasteiger partial charge in [-0.1, -0.05) is 23.7 Å². The van der Waals surface area contributed by atoms with E-state index in [9.17, 15) is 10.1 Å². The van der Waals surface area contributed by atoms with Gasteiger partial charge in [-0.05, 0) is 35.4 Å². The zero-order valence-electron chi connectivity index (χ0n) is 11.0. The van der Waals surface area contributed by atoms with Gasteiger partial charge < -0.3 is 10.0 Å². The van der Waals surface area contributed by atoms with Crippen molar-refractivity contribution in [1.29, 1.82) is 5.26 Å². The molecule has 2 aromatic rings. The third kappa shape index (κ3) is 2.32. The lowest BCUT2D eigenvalue weighted by atomic mass is 10.1. The van der Waals surface area contributed by atoms with Gasteiger partial charge in [0.05, 0.1) is 21.8 Å². The molecule has 0 saturated carbocycles. The van der Waals surface area contributed by atoms with E-state index >= 15 is 0 Å². The third-order valence-corrected chi connectivity index (χ3v) is 3.93. The van der Waals surface area contributed by atoms with Crippen molar-refractivity contribution in [3.8, 4) is 6.07 Å². The van der Waals surface area contributed by atoms with Crippen molar-refractivity contribution in [2.24, 2.45) is 0 Å². The van der Waals surface area contributed by atoms with Gasteiger partial charge in [-0.15, -0.1) is 0 Å². The first-order chi connectivity index (χ1) is 10.1. The molecule has 0 spiro atoms. The molecule has 2 aromatic carbocycles. The zero-order valence-corrected chi connectivity index (χ0v) is 11.8. The summed E-state index contributed by atoms with van der Waals surface area (Å²) in [6, 6.07) is 12.6. The van der Waals surface area contributed by atoms with Gasteiger partial charge in [0.15, 0.2) is 0 Å². The van der Waals surface area contributed by atoms with E-state index in [1.807, 2.05) is 23.1 Å². The Labute approximate surface area is 126 Å². The number of halogens is 1. The first-order valence-electron chi connectivity index (χ1n) is 6.39. The molecule has 1 aliphatic heterocycles. The average Bonchev–Trinajstić information content (AvgIpc) is 2.89. The highest BCUT2D eigenvalue weighted by molar-refractivity contribution is 6.32. The van der Waals surface area contributed by atoms with E-state index < -0.39 is 5.97 Å². The topological polar surface area (TPSA) is 64.3 Å².